The highest BCUT2D eigenvalue weighted by molar-refractivity contribution is 5.30. The van der Waals surface area contributed by atoms with Crippen molar-refractivity contribution in [1.82, 2.24) is 0 Å². The molecule has 0 aliphatic carbocycles. The number of methoxy groups -OCH3 is 2. The molecule has 0 fully saturated rings. The summed E-state index contributed by atoms with van der Waals surface area (Å²) >= 11 is 0. The lowest BCUT2D eigenvalue weighted by atomic mass is 9.86. The van der Waals surface area contributed by atoms with Gasteiger partial charge in [-0.25, -0.2) is 0 Å². The van der Waals surface area contributed by atoms with Crippen molar-refractivity contribution in [3.8, 4) is 0 Å². The van der Waals surface area contributed by atoms with Gasteiger partial charge in [-0.05, 0) is 17.5 Å². The molecule has 3 nitrogen and oxygen atoms in total. The molecule has 0 radical (unpaired) electrons. The van der Waals surface area contributed by atoms with Gasteiger partial charge in [-0.1, -0.05) is 45.0 Å². The van der Waals surface area contributed by atoms with Crippen LogP contribution in [0.15, 0.2) is 24.3 Å². The molecule has 0 atom stereocenters. The highest BCUT2D eigenvalue weighted by Gasteiger charge is 2.31. The number of rotatable bonds is 5. The number of hydrogen-bond acceptors (Lipinski definition) is 3. The van der Waals surface area contributed by atoms with Crippen molar-refractivity contribution >= 4 is 0 Å². The summed E-state index contributed by atoms with van der Waals surface area (Å²) in [4.78, 5) is 0. The standard InChI is InChI=1S/C15H25NO2/c1-14(2,3)12-6-8-13(9-7-12)15(17-4,18-5)10-11-16/h6-9H,10-11,16H2,1-5H3. The van der Waals surface area contributed by atoms with Gasteiger partial charge in [-0.15, -0.1) is 0 Å². The molecule has 0 amide bonds. The molecule has 0 aliphatic heterocycles. The first-order valence-corrected chi connectivity index (χ1v) is 6.31. The lowest BCUT2D eigenvalue weighted by Crippen LogP contribution is -2.33. The first-order chi connectivity index (χ1) is 8.39. The summed E-state index contributed by atoms with van der Waals surface area (Å²) in [6.45, 7) is 7.11. The summed E-state index contributed by atoms with van der Waals surface area (Å²) in [6, 6.07) is 8.36. The Bertz CT molecular complexity index is 361. The van der Waals surface area contributed by atoms with E-state index in [1.807, 2.05) is 0 Å². The molecule has 0 bridgehead atoms. The Labute approximate surface area is 110 Å². The summed E-state index contributed by atoms with van der Waals surface area (Å²) in [7, 11) is 3.30. The molecule has 18 heavy (non-hydrogen) atoms. The van der Waals surface area contributed by atoms with Crippen LogP contribution in [0.25, 0.3) is 0 Å². The van der Waals surface area contributed by atoms with Gasteiger partial charge in [0.1, 0.15) is 0 Å². The Balaban J connectivity index is 3.08. The van der Waals surface area contributed by atoms with Crippen molar-refractivity contribution in [2.45, 2.75) is 38.4 Å². The minimum absolute atomic E-state index is 0.148. The molecule has 0 aromatic heterocycles. The van der Waals surface area contributed by atoms with Crippen LogP contribution in [0.1, 0.15) is 38.3 Å². The number of nitrogens with two attached hydrogens (primary N) is 1. The van der Waals surface area contributed by atoms with E-state index in [0.29, 0.717) is 13.0 Å². The Morgan fingerprint density at radius 1 is 0.944 bits per heavy atom. The van der Waals surface area contributed by atoms with E-state index in [9.17, 15) is 0 Å². The molecule has 102 valence electrons. The zero-order valence-corrected chi connectivity index (χ0v) is 12.1. The fourth-order valence-electron chi connectivity index (χ4n) is 2.08. The quantitative estimate of drug-likeness (QED) is 0.818. The molecular formula is C15H25NO2. The van der Waals surface area contributed by atoms with Crippen LogP contribution < -0.4 is 5.73 Å². The largest absolute Gasteiger partial charge is 0.349 e. The topological polar surface area (TPSA) is 44.5 Å². The number of ether oxygens (including phenoxy) is 2. The second-order valence-corrected chi connectivity index (χ2v) is 5.53. The first kappa shape index (κ1) is 15.2. The van der Waals surface area contributed by atoms with Gasteiger partial charge in [-0.3, -0.25) is 0 Å². The van der Waals surface area contributed by atoms with Crippen molar-refractivity contribution in [3.63, 3.8) is 0 Å². The summed E-state index contributed by atoms with van der Waals surface area (Å²) in [6.07, 6.45) is 0.634. The number of hydrogen-bond donors (Lipinski definition) is 1. The van der Waals surface area contributed by atoms with Gasteiger partial charge in [0.25, 0.3) is 0 Å². The van der Waals surface area contributed by atoms with E-state index in [2.05, 4.69) is 45.0 Å². The van der Waals surface area contributed by atoms with Gasteiger partial charge in [0.15, 0.2) is 5.79 Å². The molecule has 3 heteroatoms. The second kappa shape index (κ2) is 5.83. The normalized spacial score (nSPS) is 12.8. The average molecular weight is 251 g/mol. The van der Waals surface area contributed by atoms with E-state index in [1.165, 1.54) is 5.56 Å². The van der Waals surface area contributed by atoms with Gasteiger partial charge in [-0.2, -0.15) is 0 Å². The summed E-state index contributed by atoms with van der Waals surface area (Å²) < 4.78 is 11.1. The maximum absolute atomic E-state index is 5.64. The molecule has 0 heterocycles. The van der Waals surface area contributed by atoms with E-state index >= 15 is 0 Å². The van der Waals surface area contributed by atoms with Crippen LogP contribution in [0.3, 0.4) is 0 Å². The van der Waals surface area contributed by atoms with Crippen LogP contribution in [0, 0.1) is 0 Å². The summed E-state index contributed by atoms with van der Waals surface area (Å²) in [5.74, 6) is -0.731. The van der Waals surface area contributed by atoms with Crippen molar-refractivity contribution in [1.29, 1.82) is 0 Å². The molecule has 0 saturated carbocycles. The minimum Gasteiger partial charge on any atom is -0.349 e. The Hall–Kier alpha value is -0.900. The third-order valence-electron chi connectivity index (χ3n) is 3.32. The lowest BCUT2D eigenvalue weighted by Gasteiger charge is -2.31. The maximum Gasteiger partial charge on any atom is 0.195 e. The highest BCUT2D eigenvalue weighted by Crippen LogP contribution is 2.31. The fourth-order valence-corrected chi connectivity index (χ4v) is 2.08. The first-order valence-electron chi connectivity index (χ1n) is 6.31. The molecule has 0 unspecified atom stereocenters. The molecular weight excluding hydrogens is 226 g/mol. The van der Waals surface area contributed by atoms with Crippen molar-refractivity contribution < 1.29 is 9.47 Å². The van der Waals surface area contributed by atoms with Crippen molar-refractivity contribution in [2.75, 3.05) is 20.8 Å². The zero-order chi connectivity index (χ0) is 13.8. The van der Waals surface area contributed by atoms with Crippen molar-refractivity contribution in [3.05, 3.63) is 35.4 Å². The fraction of sp³-hybridized carbons (Fsp3) is 0.600. The van der Waals surface area contributed by atoms with Crippen LogP contribution in [0.2, 0.25) is 0 Å². The van der Waals surface area contributed by atoms with Crippen LogP contribution in [-0.4, -0.2) is 20.8 Å². The van der Waals surface area contributed by atoms with E-state index in [1.54, 1.807) is 14.2 Å². The van der Waals surface area contributed by atoms with Gasteiger partial charge < -0.3 is 15.2 Å². The van der Waals surface area contributed by atoms with Crippen LogP contribution >= 0.6 is 0 Å². The van der Waals surface area contributed by atoms with Crippen LogP contribution in [0.5, 0.6) is 0 Å². The second-order valence-electron chi connectivity index (χ2n) is 5.53. The average Bonchev–Trinajstić information content (AvgIpc) is 2.35. The molecule has 0 saturated heterocycles. The minimum atomic E-state index is -0.731. The van der Waals surface area contributed by atoms with E-state index in [4.69, 9.17) is 15.2 Å². The molecule has 1 rings (SSSR count). The summed E-state index contributed by atoms with van der Waals surface area (Å²) in [5.41, 5.74) is 8.09. The zero-order valence-electron chi connectivity index (χ0n) is 12.1. The van der Waals surface area contributed by atoms with Gasteiger partial charge >= 0.3 is 0 Å². The van der Waals surface area contributed by atoms with Crippen molar-refractivity contribution in [2.24, 2.45) is 5.73 Å². The molecule has 1 aromatic carbocycles. The highest BCUT2D eigenvalue weighted by atomic mass is 16.7. The lowest BCUT2D eigenvalue weighted by molar-refractivity contribution is -0.218. The Morgan fingerprint density at radius 3 is 1.72 bits per heavy atom. The van der Waals surface area contributed by atoms with E-state index in [-0.39, 0.29) is 5.41 Å². The van der Waals surface area contributed by atoms with Crippen LogP contribution in [0.4, 0.5) is 0 Å². The van der Waals surface area contributed by atoms with Gasteiger partial charge in [0, 0.05) is 26.2 Å². The van der Waals surface area contributed by atoms with E-state index in [0.717, 1.165) is 5.56 Å². The Morgan fingerprint density at radius 2 is 1.39 bits per heavy atom. The third kappa shape index (κ3) is 3.10. The summed E-state index contributed by atoms with van der Waals surface area (Å²) in [5, 5.41) is 0. The SMILES string of the molecule is COC(CCN)(OC)c1ccc(C(C)(C)C)cc1. The third-order valence-corrected chi connectivity index (χ3v) is 3.32. The Kier molecular flexibility index (Phi) is 4.91. The van der Waals surface area contributed by atoms with Gasteiger partial charge in [0.05, 0.1) is 0 Å². The molecule has 2 N–H and O–H groups in total. The molecule has 1 aromatic rings. The van der Waals surface area contributed by atoms with Crippen LogP contribution in [-0.2, 0) is 20.7 Å². The monoisotopic (exact) mass is 251 g/mol. The van der Waals surface area contributed by atoms with Gasteiger partial charge in [0.2, 0.25) is 0 Å². The molecule has 0 spiro atoms. The predicted molar refractivity (Wildman–Crippen MR) is 74.5 cm³/mol. The smallest absolute Gasteiger partial charge is 0.195 e. The van der Waals surface area contributed by atoms with E-state index < -0.39 is 5.79 Å². The predicted octanol–water partition coefficient (Wildman–Crippen LogP) is 2.78. The molecule has 0 aliphatic rings. The number of benzene rings is 1. The maximum atomic E-state index is 5.64.